The van der Waals surface area contributed by atoms with Crippen molar-refractivity contribution in [3.63, 3.8) is 0 Å². The van der Waals surface area contributed by atoms with E-state index in [4.69, 9.17) is 4.74 Å². The second-order valence-electron chi connectivity index (χ2n) is 7.11. The van der Waals surface area contributed by atoms with Crippen LogP contribution in [0.15, 0.2) is 35.2 Å². The molecule has 1 aromatic carbocycles. The van der Waals surface area contributed by atoms with Crippen LogP contribution in [0.25, 0.3) is 0 Å². The van der Waals surface area contributed by atoms with Crippen molar-refractivity contribution in [2.75, 3.05) is 36.5 Å². The lowest BCUT2D eigenvalue weighted by molar-refractivity contribution is -0.114. The number of amides is 1. The number of piperidine rings is 1. The van der Waals surface area contributed by atoms with E-state index in [1.165, 1.54) is 37.6 Å². The monoisotopic (exact) mass is 433 g/mol. The Morgan fingerprint density at radius 2 is 1.83 bits per heavy atom. The highest BCUT2D eigenvalue weighted by atomic mass is 32.2. The molecule has 3 rings (SSSR count). The van der Waals surface area contributed by atoms with Crippen molar-refractivity contribution < 1.29 is 17.9 Å². The van der Waals surface area contributed by atoms with Gasteiger partial charge in [0.25, 0.3) is 0 Å². The molecule has 0 unspecified atom stereocenters. The lowest BCUT2D eigenvalue weighted by Crippen LogP contribution is -2.30. The zero-order chi connectivity index (χ0) is 21.6. The Morgan fingerprint density at radius 1 is 1.13 bits per heavy atom. The number of aromatic nitrogens is 2. The molecule has 1 aliphatic heterocycles. The van der Waals surface area contributed by atoms with Crippen LogP contribution in [-0.4, -0.2) is 50.5 Å². The smallest absolute Gasteiger partial charge is 0.240 e. The average Bonchev–Trinajstić information content (AvgIpc) is 2.71. The number of rotatable bonds is 8. The number of carbonyl (C=O) groups is 1. The molecule has 9 nitrogen and oxygen atoms in total. The SMILES string of the molecule is CC(=O)Nc1ccc(S(=O)(=O)NCCOc2cc(N3CCCCC3)nc(C)n2)cc1. The molecule has 2 heterocycles. The third-order valence-corrected chi connectivity index (χ3v) is 6.09. The zero-order valence-corrected chi connectivity index (χ0v) is 18.0. The highest BCUT2D eigenvalue weighted by Gasteiger charge is 2.16. The number of benzene rings is 1. The standard InChI is InChI=1S/C20H27N5O4S/c1-15-22-19(25-11-4-3-5-12-25)14-20(23-15)29-13-10-21-30(27,28)18-8-6-17(7-9-18)24-16(2)26/h6-9,14,21H,3-5,10-13H2,1-2H3,(H,24,26). The van der Waals surface area contributed by atoms with Crippen LogP contribution in [0.3, 0.4) is 0 Å². The molecule has 0 radical (unpaired) electrons. The summed E-state index contributed by atoms with van der Waals surface area (Å²) in [6.07, 6.45) is 3.53. The largest absolute Gasteiger partial charge is 0.476 e. The third kappa shape index (κ3) is 6.14. The summed E-state index contributed by atoms with van der Waals surface area (Å²) < 4.78 is 33.0. The van der Waals surface area contributed by atoms with Gasteiger partial charge >= 0.3 is 0 Å². The van der Waals surface area contributed by atoms with E-state index in [1.807, 2.05) is 6.92 Å². The number of hydrogen-bond donors (Lipinski definition) is 2. The molecule has 1 fully saturated rings. The minimum Gasteiger partial charge on any atom is -0.476 e. The lowest BCUT2D eigenvalue weighted by Gasteiger charge is -2.28. The zero-order valence-electron chi connectivity index (χ0n) is 17.2. The van der Waals surface area contributed by atoms with Crippen molar-refractivity contribution in [3.8, 4) is 5.88 Å². The number of aryl methyl sites for hydroxylation is 1. The number of anilines is 2. The number of nitrogens with zero attached hydrogens (tertiary/aromatic N) is 3. The summed E-state index contributed by atoms with van der Waals surface area (Å²) >= 11 is 0. The quantitative estimate of drug-likeness (QED) is 0.613. The summed E-state index contributed by atoms with van der Waals surface area (Å²) in [6, 6.07) is 7.75. The van der Waals surface area contributed by atoms with Crippen LogP contribution in [0.4, 0.5) is 11.5 Å². The van der Waals surface area contributed by atoms with E-state index < -0.39 is 10.0 Å². The molecule has 1 aromatic heterocycles. The maximum absolute atomic E-state index is 12.4. The van der Waals surface area contributed by atoms with E-state index in [0.29, 0.717) is 17.4 Å². The van der Waals surface area contributed by atoms with Gasteiger partial charge in [-0.2, -0.15) is 4.98 Å². The van der Waals surface area contributed by atoms with Crippen molar-refractivity contribution in [3.05, 3.63) is 36.2 Å². The second kappa shape index (κ2) is 9.86. The van der Waals surface area contributed by atoms with Gasteiger partial charge in [0.1, 0.15) is 18.2 Å². The number of ether oxygens (including phenoxy) is 1. The molecular weight excluding hydrogens is 406 g/mol. The Kier molecular flexibility index (Phi) is 7.22. The van der Waals surface area contributed by atoms with Crippen LogP contribution >= 0.6 is 0 Å². The predicted octanol–water partition coefficient (Wildman–Crippen LogP) is 2.09. The van der Waals surface area contributed by atoms with Gasteiger partial charge in [0.2, 0.25) is 21.8 Å². The normalized spacial score (nSPS) is 14.4. The molecule has 0 spiro atoms. The molecule has 2 N–H and O–H groups in total. The van der Waals surface area contributed by atoms with Gasteiger partial charge in [-0.25, -0.2) is 18.1 Å². The summed E-state index contributed by atoms with van der Waals surface area (Å²) in [5.41, 5.74) is 0.536. The summed E-state index contributed by atoms with van der Waals surface area (Å²) in [7, 11) is -3.68. The van der Waals surface area contributed by atoms with Gasteiger partial charge in [-0.05, 0) is 50.5 Å². The van der Waals surface area contributed by atoms with Gasteiger partial charge in [-0.15, -0.1) is 0 Å². The van der Waals surface area contributed by atoms with Gasteiger partial charge in [0, 0.05) is 38.3 Å². The molecule has 30 heavy (non-hydrogen) atoms. The molecule has 1 aliphatic rings. The third-order valence-electron chi connectivity index (χ3n) is 4.61. The fourth-order valence-electron chi connectivity index (χ4n) is 3.22. The molecule has 0 aliphatic carbocycles. The van der Waals surface area contributed by atoms with Gasteiger partial charge in [-0.1, -0.05) is 0 Å². The molecule has 1 saturated heterocycles. The highest BCUT2D eigenvalue weighted by Crippen LogP contribution is 2.21. The van der Waals surface area contributed by atoms with E-state index in [0.717, 1.165) is 31.7 Å². The minimum absolute atomic E-state index is 0.0951. The summed E-state index contributed by atoms with van der Waals surface area (Å²) in [5.74, 6) is 1.68. The minimum atomic E-state index is -3.68. The molecule has 0 saturated carbocycles. The summed E-state index contributed by atoms with van der Waals surface area (Å²) in [5, 5.41) is 2.60. The Balaban J connectivity index is 1.53. The summed E-state index contributed by atoms with van der Waals surface area (Å²) in [4.78, 5) is 22.2. The maximum atomic E-state index is 12.4. The van der Waals surface area contributed by atoms with Crippen molar-refractivity contribution in [1.82, 2.24) is 14.7 Å². The first kappa shape index (κ1) is 22.0. The van der Waals surface area contributed by atoms with Gasteiger partial charge in [0.05, 0.1) is 4.90 Å². The first-order valence-electron chi connectivity index (χ1n) is 9.94. The summed E-state index contributed by atoms with van der Waals surface area (Å²) in [6.45, 7) is 5.37. The van der Waals surface area contributed by atoms with Crippen molar-refractivity contribution in [1.29, 1.82) is 0 Å². The molecule has 0 atom stereocenters. The Bertz CT molecular complexity index is 973. The Hall–Kier alpha value is -2.72. The van der Waals surface area contributed by atoms with Crippen LogP contribution in [0, 0.1) is 6.92 Å². The molecular formula is C20H27N5O4S. The fraction of sp³-hybridized carbons (Fsp3) is 0.450. The van der Waals surface area contributed by atoms with Crippen molar-refractivity contribution >= 4 is 27.4 Å². The molecule has 162 valence electrons. The van der Waals surface area contributed by atoms with Gasteiger partial charge < -0.3 is 15.0 Å². The Labute approximate surface area is 176 Å². The van der Waals surface area contributed by atoms with E-state index in [-0.39, 0.29) is 24.0 Å². The number of carbonyl (C=O) groups excluding carboxylic acids is 1. The van der Waals surface area contributed by atoms with E-state index in [2.05, 4.69) is 24.9 Å². The molecule has 2 aromatic rings. The first-order chi connectivity index (χ1) is 14.3. The van der Waals surface area contributed by atoms with E-state index in [1.54, 1.807) is 6.07 Å². The van der Waals surface area contributed by atoms with Crippen molar-refractivity contribution in [2.45, 2.75) is 38.0 Å². The number of nitrogens with one attached hydrogen (secondary N) is 2. The van der Waals surface area contributed by atoms with Crippen LogP contribution < -0.4 is 19.7 Å². The van der Waals surface area contributed by atoms with Crippen LogP contribution in [0.2, 0.25) is 0 Å². The molecule has 0 bridgehead atoms. The second-order valence-corrected chi connectivity index (χ2v) is 8.88. The first-order valence-corrected chi connectivity index (χ1v) is 11.4. The van der Waals surface area contributed by atoms with E-state index >= 15 is 0 Å². The number of hydrogen-bond acceptors (Lipinski definition) is 7. The Morgan fingerprint density at radius 3 is 2.50 bits per heavy atom. The van der Waals surface area contributed by atoms with Crippen LogP contribution in [0.1, 0.15) is 32.0 Å². The van der Waals surface area contributed by atoms with Crippen LogP contribution in [0.5, 0.6) is 5.88 Å². The van der Waals surface area contributed by atoms with Crippen molar-refractivity contribution in [2.24, 2.45) is 0 Å². The maximum Gasteiger partial charge on any atom is 0.240 e. The highest BCUT2D eigenvalue weighted by molar-refractivity contribution is 7.89. The fourth-order valence-corrected chi connectivity index (χ4v) is 4.23. The van der Waals surface area contributed by atoms with E-state index in [9.17, 15) is 13.2 Å². The van der Waals surface area contributed by atoms with Gasteiger partial charge in [-0.3, -0.25) is 4.79 Å². The predicted molar refractivity (Wildman–Crippen MR) is 114 cm³/mol. The number of sulfonamides is 1. The van der Waals surface area contributed by atoms with Crippen LogP contribution in [-0.2, 0) is 14.8 Å². The topological polar surface area (TPSA) is 114 Å². The molecule has 10 heteroatoms. The molecule has 1 amide bonds. The average molecular weight is 434 g/mol. The lowest BCUT2D eigenvalue weighted by atomic mass is 10.1. The van der Waals surface area contributed by atoms with Gasteiger partial charge in [0.15, 0.2) is 0 Å².